The van der Waals surface area contributed by atoms with Gasteiger partial charge in [0.05, 0.1) is 11.4 Å². The van der Waals surface area contributed by atoms with E-state index in [1.807, 2.05) is 0 Å². The average Bonchev–Trinajstić information content (AvgIpc) is 3.70. The van der Waals surface area contributed by atoms with Crippen LogP contribution < -0.4 is 20.6 Å². The highest BCUT2D eigenvalue weighted by Gasteiger charge is 2.47. The Morgan fingerprint density at radius 2 is 1.09 bits per heavy atom. The van der Waals surface area contributed by atoms with Crippen LogP contribution >= 0.6 is 0 Å². The van der Waals surface area contributed by atoms with Gasteiger partial charge in [-0.1, -0.05) is 181 Å². The summed E-state index contributed by atoms with van der Waals surface area (Å²) in [5, 5.41) is 4.68. The Labute approximate surface area is 376 Å². The number of benzene rings is 9. The van der Waals surface area contributed by atoms with Crippen molar-refractivity contribution in [1.29, 1.82) is 0 Å². The second-order valence-electron chi connectivity index (χ2n) is 19.7. The van der Waals surface area contributed by atoms with Gasteiger partial charge < -0.3 is 14.1 Å². The van der Waals surface area contributed by atoms with Gasteiger partial charge in [0.25, 0.3) is 0 Å². The van der Waals surface area contributed by atoms with Crippen LogP contribution in [0.5, 0.6) is 0 Å². The molecule has 0 spiro atoms. The van der Waals surface area contributed by atoms with Crippen LogP contribution in [-0.4, -0.2) is 6.85 Å². The van der Waals surface area contributed by atoms with Gasteiger partial charge in [-0.3, -0.25) is 0 Å². The van der Waals surface area contributed by atoms with E-state index in [1.54, 1.807) is 0 Å². The fourth-order valence-corrected chi connectivity index (χ4v) is 10.5. The minimum atomic E-state index is -0.178. The smallest absolute Gasteiger partial charge is 0.333 e. The van der Waals surface area contributed by atoms with Gasteiger partial charge in [0.15, 0.2) is 5.58 Å². The van der Waals surface area contributed by atoms with E-state index in [9.17, 15) is 0 Å². The second kappa shape index (κ2) is 14.1. The predicted molar refractivity (Wildman–Crippen MR) is 273 cm³/mol. The Bertz CT molecular complexity index is 3460. The maximum absolute atomic E-state index is 7.14. The average molecular weight is 825 g/mol. The third kappa shape index (κ3) is 5.89. The molecule has 0 radical (unpaired) electrons. The molecule has 0 N–H and O–H groups in total. The molecule has 308 valence electrons. The fraction of sp³-hybridized carbons (Fsp3) is 0.133. The topological polar surface area (TPSA) is 19.6 Å². The highest BCUT2D eigenvalue weighted by atomic mass is 16.3. The first-order valence-electron chi connectivity index (χ1n) is 22.6. The molecule has 3 nitrogen and oxygen atoms in total. The van der Waals surface area contributed by atoms with Crippen molar-refractivity contribution in [2.24, 2.45) is 0 Å². The molecule has 4 heteroatoms. The number of hydrogen-bond donors (Lipinski definition) is 0. The minimum absolute atomic E-state index is 0.0193. The van der Waals surface area contributed by atoms with Crippen LogP contribution in [0, 0.1) is 0 Å². The molecule has 10 aromatic rings. The summed E-state index contributed by atoms with van der Waals surface area (Å²) in [6.45, 7) is 13.6. The number of fused-ring (bicyclic) bond motifs is 10. The Kier molecular flexibility index (Phi) is 8.46. The monoisotopic (exact) mass is 824 g/mol. The third-order valence-electron chi connectivity index (χ3n) is 13.7. The molecule has 2 aliphatic rings. The van der Waals surface area contributed by atoms with E-state index in [4.69, 9.17) is 4.42 Å². The van der Waals surface area contributed by atoms with Gasteiger partial charge in [-0.15, -0.1) is 0 Å². The van der Waals surface area contributed by atoms with Crippen LogP contribution in [-0.2, 0) is 10.8 Å². The van der Waals surface area contributed by atoms with Crippen molar-refractivity contribution in [3.63, 3.8) is 0 Å². The summed E-state index contributed by atoms with van der Waals surface area (Å²) in [7, 11) is 0. The molecule has 2 aliphatic heterocycles. The molecule has 0 saturated heterocycles. The summed E-state index contributed by atoms with van der Waals surface area (Å²) in [6.07, 6.45) is 0. The maximum Gasteiger partial charge on any atom is 0.333 e. The van der Waals surface area contributed by atoms with Gasteiger partial charge in [0, 0.05) is 39.0 Å². The molecule has 0 bridgehead atoms. The van der Waals surface area contributed by atoms with E-state index >= 15 is 0 Å². The lowest BCUT2D eigenvalue weighted by molar-refractivity contribution is 0.590. The first-order valence-corrected chi connectivity index (χ1v) is 22.6. The zero-order chi connectivity index (χ0) is 43.5. The number of nitrogens with zero attached hydrogens (tertiary/aromatic N) is 2. The van der Waals surface area contributed by atoms with Crippen molar-refractivity contribution >= 4 is 78.9 Å². The van der Waals surface area contributed by atoms with E-state index in [0.717, 1.165) is 44.7 Å². The lowest BCUT2D eigenvalue weighted by Crippen LogP contribution is -2.61. The van der Waals surface area contributed by atoms with E-state index in [0.29, 0.717) is 0 Å². The van der Waals surface area contributed by atoms with Crippen LogP contribution in [0.2, 0.25) is 0 Å². The number of hydrogen-bond acceptors (Lipinski definition) is 3. The molecule has 9 aromatic carbocycles. The number of para-hydroxylation sites is 1. The molecule has 0 unspecified atom stereocenters. The first-order chi connectivity index (χ1) is 31.0. The van der Waals surface area contributed by atoms with E-state index in [1.165, 1.54) is 71.9 Å². The lowest BCUT2D eigenvalue weighted by atomic mass is 9.43. The van der Waals surface area contributed by atoms with Gasteiger partial charge >= 0.3 is 6.85 Å². The number of furan rings is 1. The third-order valence-corrected chi connectivity index (χ3v) is 13.7. The normalized spacial score (nSPS) is 13.4. The van der Waals surface area contributed by atoms with Gasteiger partial charge in [-0.25, -0.2) is 0 Å². The summed E-state index contributed by atoms with van der Waals surface area (Å²) in [6, 6.07) is 69.9. The zero-order valence-corrected chi connectivity index (χ0v) is 37.3. The zero-order valence-electron chi connectivity index (χ0n) is 37.3. The summed E-state index contributed by atoms with van der Waals surface area (Å²) in [5.41, 5.74) is 19.8. The van der Waals surface area contributed by atoms with Crippen LogP contribution in [0.4, 0.5) is 28.4 Å². The molecule has 12 rings (SSSR count). The highest BCUT2D eigenvalue weighted by molar-refractivity contribution is 6.94. The van der Waals surface area contributed by atoms with Crippen LogP contribution in [0.3, 0.4) is 0 Å². The first kappa shape index (κ1) is 38.4. The van der Waals surface area contributed by atoms with Crippen LogP contribution in [0.25, 0.3) is 66.1 Å². The Balaban J connectivity index is 1.25. The van der Waals surface area contributed by atoms with Gasteiger partial charge in [-0.05, 0) is 114 Å². The summed E-state index contributed by atoms with van der Waals surface area (Å²) in [5.74, 6) is 0. The van der Waals surface area contributed by atoms with E-state index in [-0.39, 0.29) is 17.7 Å². The van der Waals surface area contributed by atoms with Gasteiger partial charge in [0.1, 0.15) is 5.58 Å². The van der Waals surface area contributed by atoms with Crippen LogP contribution in [0.15, 0.2) is 192 Å². The predicted octanol–water partition coefficient (Wildman–Crippen LogP) is 15.4. The Hall–Kier alpha value is -7.30. The molecule has 0 atom stereocenters. The summed E-state index contributed by atoms with van der Waals surface area (Å²) < 4.78 is 7.14. The molecule has 3 heterocycles. The molecule has 0 saturated carbocycles. The fourth-order valence-electron chi connectivity index (χ4n) is 10.5. The van der Waals surface area contributed by atoms with Crippen molar-refractivity contribution in [3.8, 4) is 33.4 Å². The highest BCUT2D eigenvalue weighted by Crippen LogP contribution is 2.53. The molecule has 1 aromatic heterocycles. The van der Waals surface area contributed by atoms with Crippen molar-refractivity contribution in [2.75, 3.05) is 9.71 Å². The molecule has 64 heavy (non-hydrogen) atoms. The van der Waals surface area contributed by atoms with Gasteiger partial charge in [-0.2, -0.15) is 0 Å². The van der Waals surface area contributed by atoms with E-state index in [2.05, 4.69) is 239 Å². The maximum atomic E-state index is 7.14. The Morgan fingerprint density at radius 1 is 0.453 bits per heavy atom. The van der Waals surface area contributed by atoms with Crippen molar-refractivity contribution < 1.29 is 4.42 Å². The molecule has 0 amide bonds. The Morgan fingerprint density at radius 3 is 1.83 bits per heavy atom. The van der Waals surface area contributed by atoms with E-state index < -0.39 is 0 Å². The van der Waals surface area contributed by atoms with Crippen molar-refractivity contribution in [3.05, 3.63) is 199 Å². The number of rotatable bonds is 4. The van der Waals surface area contributed by atoms with Crippen molar-refractivity contribution in [1.82, 2.24) is 0 Å². The van der Waals surface area contributed by atoms with Gasteiger partial charge in [0.2, 0.25) is 0 Å². The lowest BCUT2D eigenvalue weighted by Gasteiger charge is -2.46. The molecular formula is C60H49BN2O. The largest absolute Gasteiger partial charge is 0.454 e. The van der Waals surface area contributed by atoms with Crippen molar-refractivity contribution in [2.45, 2.75) is 52.4 Å². The number of anilines is 5. The van der Waals surface area contributed by atoms with Crippen LogP contribution in [0.1, 0.15) is 52.7 Å². The summed E-state index contributed by atoms with van der Waals surface area (Å²) >= 11 is 0. The molecular weight excluding hydrogens is 775 g/mol. The molecule has 0 fully saturated rings. The minimum Gasteiger partial charge on any atom is -0.454 e. The second-order valence-corrected chi connectivity index (χ2v) is 19.7. The quantitative estimate of drug-likeness (QED) is 0.165. The SMILES string of the molecule is CC(C)(C)c1ccc(N2B3c4ccc5c(oc6ccccc65)c4N(c4ccc(C(C)(C)C)cc4-c4ccccc4)c4cc5ccccc5c(c43)-c3cc(-c4ccccc4)ccc32)cc1. The molecule has 0 aliphatic carbocycles. The summed E-state index contributed by atoms with van der Waals surface area (Å²) in [4.78, 5) is 5.17. The standard InChI is InChI=1S/C60H49BN2O/c1-59(2,3)42-26-29-44(30-27-42)63-52-33-25-40(38-17-9-7-10-18-38)35-49(52)55-45-22-14-13-21-41(45)36-53-56(55)61(63)50-32-31-47-46-23-15-16-24-54(46)64-58(47)57(50)62(53)51-34-28-43(60(4,5)6)37-48(51)39-19-11-8-12-20-39/h7-37H,1-6H3.